The first-order valence-corrected chi connectivity index (χ1v) is 6.97. The van der Waals surface area contributed by atoms with E-state index in [9.17, 15) is 9.59 Å². The molecule has 0 spiro atoms. The van der Waals surface area contributed by atoms with Crippen LogP contribution in [0.4, 0.5) is 4.79 Å². The number of nitrogens with zero attached hydrogens (tertiary/aromatic N) is 1. The Balaban J connectivity index is 2.04. The van der Waals surface area contributed by atoms with Crippen LogP contribution < -0.4 is 5.32 Å². The highest BCUT2D eigenvalue weighted by Crippen LogP contribution is 2.16. The third-order valence-corrected chi connectivity index (χ3v) is 3.30. The fourth-order valence-electron chi connectivity index (χ4n) is 2.06. The van der Waals surface area contributed by atoms with Gasteiger partial charge < -0.3 is 24.8 Å². The van der Waals surface area contributed by atoms with Gasteiger partial charge in [0.05, 0.1) is 19.1 Å². The van der Waals surface area contributed by atoms with Crippen molar-refractivity contribution in [3.8, 4) is 0 Å². The van der Waals surface area contributed by atoms with E-state index in [1.165, 1.54) is 0 Å². The van der Waals surface area contributed by atoms with Crippen LogP contribution in [0.2, 0.25) is 0 Å². The van der Waals surface area contributed by atoms with E-state index in [-0.39, 0.29) is 11.9 Å². The molecule has 1 saturated heterocycles. The Hall–Kier alpha value is -1.34. The average Bonchev–Trinajstić information content (AvgIpc) is 2.46. The Bertz CT molecular complexity index is 303. The number of piperidine rings is 1. The number of carbonyl (C=O) groups excluding carboxylic acids is 1. The van der Waals surface area contributed by atoms with Gasteiger partial charge in [0.15, 0.2) is 0 Å². The number of nitrogens with one attached hydrogen (secondary N) is 1. The van der Waals surface area contributed by atoms with Crippen LogP contribution in [-0.2, 0) is 14.3 Å². The maximum atomic E-state index is 11.8. The van der Waals surface area contributed by atoms with Crippen LogP contribution in [0.1, 0.15) is 19.3 Å². The fourth-order valence-corrected chi connectivity index (χ4v) is 2.06. The number of aliphatic carboxylic acids is 1. The molecule has 0 bridgehead atoms. The number of hydrogen-bond acceptors (Lipinski definition) is 4. The van der Waals surface area contributed by atoms with Crippen molar-refractivity contribution in [3.63, 3.8) is 0 Å². The van der Waals surface area contributed by atoms with Gasteiger partial charge in [-0.1, -0.05) is 0 Å². The SMILES string of the molecule is COCCOCCCNC(=O)N1CCC(C(=O)O)CC1. The predicted molar refractivity (Wildman–Crippen MR) is 72.6 cm³/mol. The van der Waals surface area contributed by atoms with Crippen LogP contribution in [0.25, 0.3) is 0 Å². The van der Waals surface area contributed by atoms with Gasteiger partial charge in [-0.25, -0.2) is 4.79 Å². The maximum absolute atomic E-state index is 11.8. The Morgan fingerprint density at radius 3 is 2.55 bits per heavy atom. The lowest BCUT2D eigenvalue weighted by Gasteiger charge is -2.30. The molecular weight excluding hydrogens is 264 g/mol. The van der Waals surface area contributed by atoms with Crippen molar-refractivity contribution in [2.24, 2.45) is 5.92 Å². The molecule has 0 aromatic rings. The molecule has 0 atom stereocenters. The third-order valence-electron chi connectivity index (χ3n) is 3.30. The van der Waals surface area contributed by atoms with Crippen molar-refractivity contribution < 1.29 is 24.2 Å². The van der Waals surface area contributed by atoms with Crippen LogP contribution in [0.5, 0.6) is 0 Å². The summed E-state index contributed by atoms with van der Waals surface area (Å²) in [6, 6.07) is -0.120. The number of likely N-dealkylation sites (tertiary alicyclic amines) is 1. The van der Waals surface area contributed by atoms with Gasteiger partial charge in [0.25, 0.3) is 0 Å². The lowest BCUT2D eigenvalue weighted by atomic mass is 9.97. The largest absolute Gasteiger partial charge is 0.481 e. The van der Waals surface area contributed by atoms with Crippen LogP contribution in [-0.4, -0.2) is 68.6 Å². The normalized spacial score (nSPS) is 16.1. The van der Waals surface area contributed by atoms with E-state index in [1.54, 1.807) is 12.0 Å². The van der Waals surface area contributed by atoms with Crippen molar-refractivity contribution in [2.45, 2.75) is 19.3 Å². The molecule has 7 nitrogen and oxygen atoms in total. The smallest absolute Gasteiger partial charge is 0.317 e. The van der Waals surface area contributed by atoms with Gasteiger partial charge in [-0.15, -0.1) is 0 Å². The summed E-state index contributed by atoms with van der Waals surface area (Å²) in [4.78, 5) is 24.3. The topological polar surface area (TPSA) is 88.1 Å². The standard InChI is InChI=1S/C13H24N2O5/c1-19-9-10-20-8-2-5-14-13(18)15-6-3-11(4-7-15)12(16)17/h11H,2-10H2,1H3,(H,14,18)(H,16,17). The summed E-state index contributed by atoms with van der Waals surface area (Å²) < 4.78 is 10.1. The highest BCUT2D eigenvalue weighted by atomic mass is 16.5. The molecule has 1 heterocycles. The zero-order valence-corrected chi connectivity index (χ0v) is 12.0. The van der Waals surface area contributed by atoms with E-state index in [2.05, 4.69) is 5.32 Å². The van der Waals surface area contributed by atoms with E-state index in [0.717, 1.165) is 6.42 Å². The summed E-state index contributed by atoms with van der Waals surface area (Å²) in [5, 5.41) is 11.7. The van der Waals surface area contributed by atoms with Crippen molar-refractivity contribution in [1.29, 1.82) is 0 Å². The van der Waals surface area contributed by atoms with Crippen molar-refractivity contribution in [1.82, 2.24) is 10.2 Å². The monoisotopic (exact) mass is 288 g/mol. The maximum Gasteiger partial charge on any atom is 0.317 e. The minimum Gasteiger partial charge on any atom is -0.481 e. The molecular formula is C13H24N2O5. The molecule has 1 rings (SSSR count). The highest BCUT2D eigenvalue weighted by molar-refractivity contribution is 5.75. The molecule has 116 valence electrons. The third kappa shape index (κ3) is 6.21. The van der Waals surface area contributed by atoms with E-state index in [0.29, 0.717) is 52.3 Å². The van der Waals surface area contributed by atoms with Crippen molar-refractivity contribution >= 4 is 12.0 Å². The molecule has 2 amide bonds. The molecule has 1 fully saturated rings. The Morgan fingerprint density at radius 2 is 1.95 bits per heavy atom. The second kappa shape index (κ2) is 9.55. The lowest BCUT2D eigenvalue weighted by molar-refractivity contribution is -0.143. The summed E-state index contributed by atoms with van der Waals surface area (Å²) in [5.74, 6) is -1.08. The zero-order valence-electron chi connectivity index (χ0n) is 12.0. The summed E-state index contributed by atoms with van der Waals surface area (Å²) in [5.41, 5.74) is 0. The number of amides is 2. The molecule has 0 aromatic carbocycles. The average molecular weight is 288 g/mol. The fraction of sp³-hybridized carbons (Fsp3) is 0.846. The van der Waals surface area contributed by atoms with E-state index in [4.69, 9.17) is 14.6 Å². The van der Waals surface area contributed by atoms with Gasteiger partial charge in [0, 0.05) is 33.4 Å². The second-order valence-electron chi connectivity index (χ2n) is 4.79. The number of carbonyl (C=O) groups is 2. The molecule has 0 aliphatic carbocycles. The van der Waals surface area contributed by atoms with E-state index < -0.39 is 5.97 Å². The second-order valence-corrected chi connectivity index (χ2v) is 4.79. The minimum absolute atomic E-state index is 0.120. The molecule has 0 unspecified atom stereocenters. The highest BCUT2D eigenvalue weighted by Gasteiger charge is 2.26. The molecule has 1 aliphatic rings. The van der Waals surface area contributed by atoms with Crippen LogP contribution in [0.3, 0.4) is 0 Å². The number of methoxy groups -OCH3 is 1. The van der Waals surface area contributed by atoms with Crippen molar-refractivity contribution in [3.05, 3.63) is 0 Å². The van der Waals surface area contributed by atoms with E-state index >= 15 is 0 Å². The Morgan fingerprint density at radius 1 is 1.25 bits per heavy atom. The number of rotatable bonds is 8. The number of hydrogen-bond donors (Lipinski definition) is 2. The van der Waals surface area contributed by atoms with Crippen LogP contribution in [0, 0.1) is 5.92 Å². The first-order chi connectivity index (χ1) is 9.65. The van der Waals surface area contributed by atoms with Gasteiger partial charge in [-0.2, -0.15) is 0 Å². The summed E-state index contributed by atoms with van der Waals surface area (Å²) in [6.45, 7) is 3.30. The zero-order chi connectivity index (χ0) is 14.8. The quantitative estimate of drug-likeness (QED) is 0.637. The number of carboxylic acid groups (broad SMARTS) is 1. The molecule has 7 heteroatoms. The molecule has 1 aliphatic heterocycles. The predicted octanol–water partition coefficient (Wildman–Crippen LogP) is 0.546. The van der Waals surface area contributed by atoms with Gasteiger partial charge >= 0.3 is 12.0 Å². The molecule has 2 N–H and O–H groups in total. The van der Waals surface area contributed by atoms with Crippen LogP contribution >= 0.6 is 0 Å². The van der Waals surface area contributed by atoms with Gasteiger partial charge in [0.2, 0.25) is 0 Å². The molecule has 0 aromatic heterocycles. The van der Waals surface area contributed by atoms with Gasteiger partial charge in [-0.05, 0) is 19.3 Å². The number of ether oxygens (including phenoxy) is 2. The first-order valence-electron chi connectivity index (χ1n) is 6.97. The number of urea groups is 1. The summed E-state index contributed by atoms with van der Waals surface area (Å²) in [6.07, 6.45) is 1.81. The lowest BCUT2D eigenvalue weighted by Crippen LogP contribution is -2.45. The number of carboxylic acids is 1. The molecule has 0 saturated carbocycles. The minimum atomic E-state index is -0.765. The van der Waals surface area contributed by atoms with Gasteiger partial charge in [0.1, 0.15) is 0 Å². The van der Waals surface area contributed by atoms with E-state index in [1.807, 2.05) is 0 Å². The van der Waals surface area contributed by atoms with Crippen molar-refractivity contribution in [2.75, 3.05) is 46.6 Å². The summed E-state index contributed by atoms with van der Waals surface area (Å²) in [7, 11) is 1.62. The summed E-state index contributed by atoms with van der Waals surface area (Å²) >= 11 is 0. The first kappa shape index (κ1) is 16.7. The van der Waals surface area contributed by atoms with Crippen LogP contribution in [0.15, 0.2) is 0 Å². The Labute approximate surface area is 119 Å². The van der Waals surface area contributed by atoms with Gasteiger partial charge in [-0.3, -0.25) is 4.79 Å². The molecule has 0 radical (unpaired) electrons. The Kier molecular flexibility index (Phi) is 7.98. The molecule has 20 heavy (non-hydrogen) atoms.